The van der Waals surface area contributed by atoms with Crippen molar-refractivity contribution < 1.29 is 9.53 Å². The fourth-order valence-corrected chi connectivity index (χ4v) is 3.95. The van der Waals surface area contributed by atoms with Crippen molar-refractivity contribution in [2.45, 2.75) is 71.6 Å². The first-order chi connectivity index (χ1) is 9.24. The lowest BCUT2D eigenvalue weighted by molar-refractivity contribution is -0.138. The van der Waals surface area contributed by atoms with Gasteiger partial charge in [0.05, 0.1) is 6.61 Å². The summed E-state index contributed by atoms with van der Waals surface area (Å²) in [5.41, 5.74) is 2.40. The summed E-state index contributed by atoms with van der Waals surface area (Å²) in [7, 11) is 0. The second kappa shape index (κ2) is 7.12. The maximum atomic E-state index is 12.1. The topological polar surface area (TPSA) is 26.3 Å². The Morgan fingerprint density at radius 3 is 1.89 bits per heavy atom. The molecule has 0 radical (unpaired) electrons. The number of carbonyl (C=O) groups is 1. The molecule has 0 aromatic heterocycles. The SMILES string of the molecule is CCOC(=O)C(C)=C(C1CCCCC1)C1CCCC1. The van der Waals surface area contributed by atoms with Gasteiger partial charge in [-0.2, -0.15) is 0 Å². The second-order valence-electron chi connectivity index (χ2n) is 6.12. The molecular formula is C17H28O2. The Labute approximate surface area is 117 Å². The van der Waals surface area contributed by atoms with Gasteiger partial charge in [0.1, 0.15) is 0 Å². The average molecular weight is 264 g/mol. The van der Waals surface area contributed by atoms with Gasteiger partial charge in [-0.15, -0.1) is 0 Å². The van der Waals surface area contributed by atoms with Crippen LogP contribution in [0.1, 0.15) is 71.6 Å². The maximum Gasteiger partial charge on any atom is 0.333 e. The molecule has 0 amide bonds. The minimum atomic E-state index is -0.0741. The van der Waals surface area contributed by atoms with Crippen LogP contribution in [-0.2, 0) is 9.53 Å². The molecule has 0 atom stereocenters. The quantitative estimate of drug-likeness (QED) is 0.546. The van der Waals surface area contributed by atoms with Gasteiger partial charge in [0, 0.05) is 5.57 Å². The highest BCUT2D eigenvalue weighted by Gasteiger charge is 2.30. The third-order valence-electron chi connectivity index (χ3n) is 4.85. The van der Waals surface area contributed by atoms with Gasteiger partial charge in [-0.05, 0) is 51.4 Å². The number of allylic oxidation sites excluding steroid dienone is 1. The highest BCUT2D eigenvalue weighted by molar-refractivity contribution is 5.88. The molecule has 0 unspecified atom stereocenters. The fraction of sp³-hybridized carbons (Fsp3) is 0.824. The van der Waals surface area contributed by atoms with Crippen LogP contribution in [0.5, 0.6) is 0 Å². The summed E-state index contributed by atoms with van der Waals surface area (Å²) >= 11 is 0. The molecule has 2 aliphatic rings. The molecule has 0 aromatic rings. The zero-order valence-corrected chi connectivity index (χ0v) is 12.5. The number of hydrogen-bond donors (Lipinski definition) is 0. The number of carbonyl (C=O) groups excluding carboxylic acids is 1. The van der Waals surface area contributed by atoms with Gasteiger partial charge in [-0.25, -0.2) is 4.79 Å². The molecule has 2 rings (SSSR count). The standard InChI is InChI=1S/C17H28O2/c1-3-19-17(18)13(2)16(15-11-7-8-12-15)14-9-5-4-6-10-14/h14-15H,3-12H2,1-2H3. The van der Waals surface area contributed by atoms with E-state index in [1.54, 1.807) is 0 Å². The molecule has 2 aliphatic carbocycles. The summed E-state index contributed by atoms with van der Waals surface area (Å²) in [4.78, 5) is 12.1. The highest BCUT2D eigenvalue weighted by atomic mass is 16.5. The van der Waals surface area contributed by atoms with Crippen LogP contribution in [0.3, 0.4) is 0 Å². The van der Waals surface area contributed by atoms with E-state index in [2.05, 4.69) is 0 Å². The van der Waals surface area contributed by atoms with Crippen molar-refractivity contribution >= 4 is 5.97 Å². The van der Waals surface area contributed by atoms with Crippen LogP contribution in [0.25, 0.3) is 0 Å². The molecule has 19 heavy (non-hydrogen) atoms. The van der Waals surface area contributed by atoms with Crippen LogP contribution in [-0.4, -0.2) is 12.6 Å². The minimum absolute atomic E-state index is 0.0741. The zero-order chi connectivity index (χ0) is 13.7. The second-order valence-corrected chi connectivity index (χ2v) is 6.12. The molecule has 2 saturated carbocycles. The first kappa shape index (κ1) is 14.6. The predicted octanol–water partition coefficient (Wildman–Crippen LogP) is 4.64. The monoisotopic (exact) mass is 264 g/mol. The number of ether oxygens (including phenoxy) is 1. The summed E-state index contributed by atoms with van der Waals surface area (Å²) in [6.45, 7) is 4.38. The van der Waals surface area contributed by atoms with Gasteiger partial charge < -0.3 is 4.74 Å². The van der Waals surface area contributed by atoms with E-state index in [1.807, 2.05) is 13.8 Å². The van der Waals surface area contributed by atoms with Crippen LogP contribution < -0.4 is 0 Å². The lowest BCUT2D eigenvalue weighted by atomic mass is 9.76. The smallest absolute Gasteiger partial charge is 0.333 e. The normalized spacial score (nSPS) is 23.3. The van der Waals surface area contributed by atoms with Gasteiger partial charge in [-0.1, -0.05) is 37.7 Å². The molecule has 2 heteroatoms. The fourth-order valence-electron chi connectivity index (χ4n) is 3.95. The molecule has 0 spiro atoms. The van der Waals surface area contributed by atoms with Crippen LogP contribution in [0.4, 0.5) is 0 Å². The van der Waals surface area contributed by atoms with Gasteiger partial charge in [-0.3, -0.25) is 0 Å². The summed E-state index contributed by atoms with van der Waals surface area (Å²) < 4.78 is 5.24. The largest absolute Gasteiger partial charge is 0.463 e. The molecule has 2 nitrogen and oxygen atoms in total. The predicted molar refractivity (Wildman–Crippen MR) is 77.9 cm³/mol. The van der Waals surface area contributed by atoms with Crippen molar-refractivity contribution in [3.8, 4) is 0 Å². The van der Waals surface area contributed by atoms with Crippen molar-refractivity contribution in [1.82, 2.24) is 0 Å². The van der Waals surface area contributed by atoms with E-state index in [9.17, 15) is 4.79 Å². The Morgan fingerprint density at radius 2 is 1.42 bits per heavy atom. The molecule has 2 fully saturated rings. The van der Waals surface area contributed by atoms with Crippen LogP contribution >= 0.6 is 0 Å². The summed E-state index contributed by atoms with van der Waals surface area (Å²) in [6.07, 6.45) is 11.8. The van der Waals surface area contributed by atoms with E-state index in [0.29, 0.717) is 18.4 Å². The van der Waals surface area contributed by atoms with Gasteiger partial charge in [0.2, 0.25) is 0 Å². The molecule has 0 N–H and O–H groups in total. The van der Waals surface area contributed by atoms with Crippen molar-refractivity contribution in [3.63, 3.8) is 0 Å². The van der Waals surface area contributed by atoms with E-state index < -0.39 is 0 Å². The van der Waals surface area contributed by atoms with E-state index in [4.69, 9.17) is 4.74 Å². The Kier molecular flexibility index (Phi) is 5.47. The van der Waals surface area contributed by atoms with E-state index >= 15 is 0 Å². The third kappa shape index (κ3) is 3.61. The Balaban J connectivity index is 2.21. The molecule has 0 saturated heterocycles. The molecule has 0 bridgehead atoms. The van der Waals surface area contributed by atoms with Crippen molar-refractivity contribution in [3.05, 3.63) is 11.1 Å². The molecule has 0 aromatic carbocycles. The van der Waals surface area contributed by atoms with Gasteiger partial charge in [0.25, 0.3) is 0 Å². The van der Waals surface area contributed by atoms with Crippen molar-refractivity contribution in [2.75, 3.05) is 6.61 Å². The van der Waals surface area contributed by atoms with Crippen LogP contribution in [0.15, 0.2) is 11.1 Å². The third-order valence-corrected chi connectivity index (χ3v) is 4.85. The van der Waals surface area contributed by atoms with Crippen molar-refractivity contribution in [1.29, 1.82) is 0 Å². The number of rotatable bonds is 4. The lowest BCUT2D eigenvalue weighted by Gasteiger charge is -2.30. The molecule has 0 aliphatic heterocycles. The number of hydrogen-bond acceptors (Lipinski definition) is 2. The first-order valence-corrected chi connectivity index (χ1v) is 8.11. The Bertz CT molecular complexity index is 331. The van der Waals surface area contributed by atoms with Crippen LogP contribution in [0, 0.1) is 11.8 Å². The summed E-state index contributed by atoms with van der Waals surface area (Å²) in [5, 5.41) is 0. The maximum absolute atomic E-state index is 12.1. The molecule has 108 valence electrons. The average Bonchev–Trinajstić information content (AvgIpc) is 2.94. The van der Waals surface area contributed by atoms with Gasteiger partial charge in [0.15, 0.2) is 0 Å². The number of esters is 1. The van der Waals surface area contributed by atoms with Crippen molar-refractivity contribution in [2.24, 2.45) is 11.8 Å². The van der Waals surface area contributed by atoms with E-state index in [0.717, 1.165) is 5.57 Å². The van der Waals surface area contributed by atoms with E-state index in [-0.39, 0.29) is 5.97 Å². The molecule has 0 heterocycles. The lowest BCUT2D eigenvalue weighted by Crippen LogP contribution is -2.20. The molecular weight excluding hydrogens is 236 g/mol. The van der Waals surface area contributed by atoms with Crippen LogP contribution in [0.2, 0.25) is 0 Å². The summed E-state index contributed by atoms with van der Waals surface area (Å²) in [6, 6.07) is 0. The summed E-state index contributed by atoms with van der Waals surface area (Å²) in [5.74, 6) is 1.24. The Morgan fingerprint density at radius 1 is 0.947 bits per heavy atom. The first-order valence-electron chi connectivity index (χ1n) is 8.11. The highest BCUT2D eigenvalue weighted by Crippen LogP contribution is 2.42. The van der Waals surface area contributed by atoms with E-state index in [1.165, 1.54) is 63.4 Å². The zero-order valence-electron chi connectivity index (χ0n) is 12.5. The van der Waals surface area contributed by atoms with Gasteiger partial charge >= 0.3 is 5.97 Å². The Hall–Kier alpha value is -0.790. The minimum Gasteiger partial charge on any atom is -0.463 e.